The van der Waals surface area contributed by atoms with Crippen molar-refractivity contribution in [3.63, 3.8) is 0 Å². The number of fused-ring (bicyclic) bond motifs is 1. The van der Waals surface area contributed by atoms with Gasteiger partial charge in [0.25, 0.3) is 0 Å². The van der Waals surface area contributed by atoms with Crippen LogP contribution in [-0.2, 0) is 11.3 Å². The Labute approximate surface area is 128 Å². The van der Waals surface area contributed by atoms with Gasteiger partial charge in [-0.3, -0.25) is 0 Å². The first-order valence-corrected chi connectivity index (χ1v) is 7.54. The molecule has 1 unspecified atom stereocenters. The molecular formula is C16H18N4O2. The summed E-state index contributed by atoms with van der Waals surface area (Å²) in [7, 11) is 0. The second-order valence-corrected chi connectivity index (χ2v) is 5.55. The summed E-state index contributed by atoms with van der Waals surface area (Å²) in [6.07, 6.45) is 6.61. The number of nitrogens with zero attached hydrogens (tertiary/aromatic N) is 4. The van der Waals surface area contributed by atoms with E-state index in [4.69, 9.17) is 9.84 Å². The molecule has 3 heterocycles. The van der Waals surface area contributed by atoms with Crippen LogP contribution in [0.1, 0.15) is 18.2 Å². The first-order chi connectivity index (χ1) is 10.9. The molecule has 6 heteroatoms. The summed E-state index contributed by atoms with van der Waals surface area (Å²) in [5, 5.41) is 9.09. The molecule has 22 heavy (non-hydrogen) atoms. The molecule has 6 nitrogen and oxygen atoms in total. The molecule has 2 aromatic heterocycles. The lowest BCUT2D eigenvalue weighted by atomic mass is 10.1. The minimum Gasteiger partial charge on any atom is -0.395 e. The molecule has 114 valence electrons. The highest BCUT2D eigenvalue weighted by Gasteiger charge is 2.22. The predicted molar refractivity (Wildman–Crippen MR) is 82.1 cm³/mol. The third-order valence-corrected chi connectivity index (χ3v) is 4.19. The lowest BCUT2D eigenvalue weighted by Gasteiger charge is -2.12. The number of hydrogen-bond donors (Lipinski definition) is 1. The Morgan fingerprint density at radius 2 is 2.27 bits per heavy atom. The Bertz CT molecular complexity index is 786. The van der Waals surface area contributed by atoms with Crippen molar-refractivity contribution in [3.8, 4) is 5.69 Å². The second kappa shape index (κ2) is 5.55. The van der Waals surface area contributed by atoms with Crippen LogP contribution in [0.25, 0.3) is 16.7 Å². The maximum atomic E-state index is 9.09. The molecule has 1 aromatic carbocycles. The maximum absolute atomic E-state index is 9.09. The van der Waals surface area contributed by atoms with Gasteiger partial charge in [0.2, 0.25) is 0 Å². The van der Waals surface area contributed by atoms with E-state index in [-0.39, 0.29) is 6.61 Å². The number of imidazole rings is 2. The largest absolute Gasteiger partial charge is 0.395 e. The summed E-state index contributed by atoms with van der Waals surface area (Å²) in [4.78, 5) is 8.94. The van der Waals surface area contributed by atoms with Crippen LogP contribution in [0.3, 0.4) is 0 Å². The number of benzene rings is 1. The van der Waals surface area contributed by atoms with E-state index in [1.54, 1.807) is 6.33 Å². The number of rotatable bonds is 4. The van der Waals surface area contributed by atoms with Crippen LogP contribution in [-0.4, -0.2) is 44.0 Å². The molecule has 1 N–H and O–H groups in total. The Morgan fingerprint density at radius 3 is 3.09 bits per heavy atom. The van der Waals surface area contributed by atoms with Crippen LogP contribution in [0.5, 0.6) is 0 Å². The van der Waals surface area contributed by atoms with Gasteiger partial charge in [0.05, 0.1) is 30.6 Å². The predicted octanol–water partition coefficient (Wildman–Crippen LogP) is 1.72. The average molecular weight is 298 g/mol. The molecule has 0 spiro atoms. The lowest BCUT2D eigenvalue weighted by Crippen LogP contribution is -2.07. The van der Waals surface area contributed by atoms with E-state index < -0.39 is 0 Å². The minimum absolute atomic E-state index is 0.112. The van der Waals surface area contributed by atoms with E-state index >= 15 is 0 Å². The van der Waals surface area contributed by atoms with Crippen LogP contribution in [0.4, 0.5) is 0 Å². The zero-order valence-electron chi connectivity index (χ0n) is 12.2. The molecule has 1 saturated heterocycles. The maximum Gasteiger partial charge on any atom is 0.118 e. The van der Waals surface area contributed by atoms with Gasteiger partial charge < -0.3 is 19.0 Å². The molecule has 0 radical (unpaired) electrons. The topological polar surface area (TPSA) is 65.1 Å². The lowest BCUT2D eigenvalue weighted by molar-refractivity contribution is 0.193. The molecule has 0 bridgehead atoms. The molecular weight excluding hydrogens is 280 g/mol. The number of aromatic nitrogens is 4. The SMILES string of the molecule is OCCn1cnc2cc(-n3ccnc3C3CCOC3)ccc21. The van der Waals surface area contributed by atoms with E-state index in [1.807, 2.05) is 23.0 Å². The quantitative estimate of drug-likeness (QED) is 0.796. The number of aliphatic hydroxyl groups excluding tert-OH is 1. The van der Waals surface area contributed by atoms with Crippen molar-refractivity contribution in [2.75, 3.05) is 19.8 Å². The van der Waals surface area contributed by atoms with Crippen molar-refractivity contribution in [2.24, 2.45) is 0 Å². The van der Waals surface area contributed by atoms with Crippen LogP contribution in [0, 0.1) is 0 Å². The Hall–Kier alpha value is -2.18. The third-order valence-electron chi connectivity index (χ3n) is 4.19. The van der Waals surface area contributed by atoms with Gasteiger partial charge in [-0.05, 0) is 24.6 Å². The Morgan fingerprint density at radius 1 is 1.32 bits per heavy atom. The van der Waals surface area contributed by atoms with Crippen molar-refractivity contribution in [3.05, 3.63) is 42.7 Å². The summed E-state index contributed by atoms with van der Waals surface area (Å²) in [5.74, 6) is 1.41. The molecule has 3 aromatic rings. The summed E-state index contributed by atoms with van der Waals surface area (Å²) in [6, 6.07) is 6.17. The van der Waals surface area contributed by atoms with Crippen molar-refractivity contribution >= 4 is 11.0 Å². The zero-order chi connectivity index (χ0) is 14.9. The zero-order valence-corrected chi connectivity index (χ0v) is 12.2. The van der Waals surface area contributed by atoms with E-state index in [0.717, 1.165) is 42.2 Å². The summed E-state index contributed by atoms with van der Waals surface area (Å²) in [5.41, 5.74) is 3.01. The number of ether oxygens (including phenoxy) is 1. The highest BCUT2D eigenvalue weighted by atomic mass is 16.5. The van der Waals surface area contributed by atoms with Gasteiger partial charge in [-0.25, -0.2) is 9.97 Å². The standard InChI is InChI=1S/C16H18N4O2/c21-7-6-19-11-18-14-9-13(1-2-15(14)19)20-5-4-17-16(20)12-3-8-22-10-12/h1-2,4-5,9,11-12,21H,3,6-8,10H2. The van der Waals surface area contributed by atoms with E-state index in [1.165, 1.54) is 0 Å². The number of aliphatic hydroxyl groups is 1. The first-order valence-electron chi connectivity index (χ1n) is 7.54. The third kappa shape index (κ3) is 2.20. The molecule has 0 saturated carbocycles. The van der Waals surface area contributed by atoms with Gasteiger partial charge in [0, 0.05) is 37.2 Å². The normalized spacial score (nSPS) is 18.3. The fraction of sp³-hybridized carbons (Fsp3) is 0.375. The van der Waals surface area contributed by atoms with E-state index in [9.17, 15) is 0 Å². The van der Waals surface area contributed by atoms with E-state index in [2.05, 4.69) is 26.7 Å². The second-order valence-electron chi connectivity index (χ2n) is 5.55. The Kier molecular flexibility index (Phi) is 3.40. The molecule has 0 amide bonds. The molecule has 0 aliphatic carbocycles. The molecule has 4 rings (SSSR count). The minimum atomic E-state index is 0.112. The molecule has 1 atom stereocenters. The summed E-state index contributed by atoms with van der Waals surface area (Å²) >= 11 is 0. The Balaban J connectivity index is 1.74. The van der Waals surface area contributed by atoms with Crippen LogP contribution < -0.4 is 0 Å². The highest BCUT2D eigenvalue weighted by molar-refractivity contribution is 5.77. The highest BCUT2D eigenvalue weighted by Crippen LogP contribution is 2.27. The van der Waals surface area contributed by atoms with Crippen molar-refractivity contribution in [2.45, 2.75) is 18.9 Å². The van der Waals surface area contributed by atoms with Crippen LogP contribution in [0.2, 0.25) is 0 Å². The smallest absolute Gasteiger partial charge is 0.118 e. The van der Waals surface area contributed by atoms with Gasteiger partial charge in [-0.1, -0.05) is 0 Å². The van der Waals surface area contributed by atoms with Gasteiger partial charge in [0.15, 0.2) is 0 Å². The van der Waals surface area contributed by atoms with Gasteiger partial charge >= 0.3 is 0 Å². The monoisotopic (exact) mass is 298 g/mol. The number of hydrogen-bond acceptors (Lipinski definition) is 4. The van der Waals surface area contributed by atoms with Gasteiger partial charge in [0.1, 0.15) is 5.82 Å². The van der Waals surface area contributed by atoms with Crippen LogP contribution in [0.15, 0.2) is 36.9 Å². The first kappa shape index (κ1) is 13.5. The summed E-state index contributed by atoms with van der Waals surface area (Å²) in [6.45, 7) is 2.22. The van der Waals surface area contributed by atoms with Crippen molar-refractivity contribution < 1.29 is 9.84 Å². The molecule has 1 aliphatic heterocycles. The summed E-state index contributed by atoms with van der Waals surface area (Å²) < 4.78 is 9.55. The van der Waals surface area contributed by atoms with Crippen molar-refractivity contribution in [1.29, 1.82) is 0 Å². The molecule has 1 aliphatic rings. The van der Waals surface area contributed by atoms with Crippen molar-refractivity contribution in [1.82, 2.24) is 19.1 Å². The fourth-order valence-electron chi connectivity index (χ4n) is 3.06. The average Bonchev–Trinajstić information content (AvgIpc) is 3.27. The fourth-order valence-corrected chi connectivity index (χ4v) is 3.06. The van der Waals surface area contributed by atoms with E-state index in [0.29, 0.717) is 12.5 Å². The van der Waals surface area contributed by atoms with Crippen LogP contribution >= 0.6 is 0 Å². The van der Waals surface area contributed by atoms with Gasteiger partial charge in [-0.15, -0.1) is 0 Å². The van der Waals surface area contributed by atoms with Gasteiger partial charge in [-0.2, -0.15) is 0 Å². The molecule has 1 fully saturated rings.